The van der Waals surface area contributed by atoms with E-state index in [1.807, 2.05) is 30.0 Å². The molecule has 140 valence electrons. The Balaban J connectivity index is 1.82. The van der Waals surface area contributed by atoms with Crippen molar-refractivity contribution >= 4 is 33.1 Å². The minimum Gasteiger partial charge on any atom is -0.480 e. The zero-order valence-electron chi connectivity index (χ0n) is 15.8. The highest BCUT2D eigenvalue weighted by Gasteiger charge is 2.33. The first-order chi connectivity index (χ1) is 13.0. The largest absolute Gasteiger partial charge is 0.480 e. The number of aromatic nitrogens is 2. The SMILES string of the molecule is COCc1nc(OC)c2c(C)c(C(=O)N3c4ccccc4CC3C)sc2n1. The minimum atomic E-state index is 0.00305. The second-order valence-corrected chi connectivity index (χ2v) is 7.67. The topological polar surface area (TPSA) is 64.6 Å². The normalized spacial score (nSPS) is 16.0. The average Bonchev–Trinajstić information content (AvgIpc) is 3.17. The van der Waals surface area contributed by atoms with Crippen LogP contribution in [0.25, 0.3) is 10.2 Å². The Hall–Kier alpha value is -2.51. The van der Waals surface area contributed by atoms with Gasteiger partial charge in [0.25, 0.3) is 5.91 Å². The molecule has 4 rings (SSSR count). The van der Waals surface area contributed by atoms with Crippen LogP contribution in [-0.4, -0.2) is 36.1 Å². The molecule has 1 aliphatic heterocycles. The van der Waals surface area contributed by atoms with Crippen molar-refractivity contribution in [1.82, 2.24) is 9.97 Å². The summed E-state index contributed by atoms with van der Waals surface area (Å²) in [6, 6.07) is 8.21. The second-order valence-electron chi connectivity index (χ2n) is 6.68. The summed E-state index contributed by atoms with van der Waals surface area (Å²) in [4.78, 5) is 25.7. The van der Waals surface area contributed by atoms with Gasteiger partial charge in [-0.1, -0.05) is 18.2 Å². The quantitative estimate of drug-likeness (QED) is 0.687. The van der Waals surface area contributed by atoms with Gasteiger partial charge in [0.15, 0.2) is 5.82 Å². The summed E-state index contributed by atoms with van der Waals surface area (Å²) in [7, 11) is 3.18. The number of carbonyl (C=O) groups excluding carboxylic acids is 1. The van der Waals surface area contributed by atoms with Crippen LogP contribution in [0.2, 0.25) is 0 Å². The van der Waals surface area contributed by atoms with Crippen molar-refractivity contribution in [3.63, 3.8) is 0 Å². The zero-order chi connectivity index (χ0) is 19.1. The zero-order valence-corrected chi connectivity index (χ0v) is 16.6. The van der Waals surface area contributed by atoms with E-state index < -0.39 is 0 Å². The maximum absolute atomic E-state index is 13.4. The highest BCUT2D eigenvalue weighted by atomic mass is 32.1. The number of amides is 1. The van der Waals surface area contributed by atoms with Crippen LogP contribution >= 0.6 is 11.3 Å². The van der Waals surface area contributed by atoms with Crippen LogP contribution in [0.15, 0.2) is 24.3 Å². The van der Waals surface area contributed by atoms with E-state index in [1.165, 1.54) is 16.9 Å². The first-order valence-electron chi connectivity index (χ1n) is 8.79. The average molecular weight is 383 g/mol. The van der Waals surface area contributed by atoms with E-state index in [0.29, 0.717) is 23.2 Å². The smallest absolute Gasteiger partial charge is 0.268 e. The number of hydrogen-bond acceptors (Lipinski definition) is 6. The Kier molecular flexibility index (Phi) is 4.57. The van der Waals surface area contributed by atoms with Crippen molar-refractivity contribution in [2.45, 2.75) is 32.9 Å². The van der Waals surface area contributed by atoms with Gasteiger partial charge in [-0.05, 0) is 37.5 Å². The third-order valence-electron chi connectivity index (χ3n) is 4.89. The maximum Gasteiger partial charge on any atom is 0.268 e. The molecule has 1 atom stereocenters. The van der Waals surface area contributed by atoms with Crippen molar-refractivity contribution in [3.05, 3.63) is 46.1 Å². The monoisotopic (exact) mass is 383 g/mol. The molecule has 7 heteroatoms. The number of rotatable bonds is 4. The molecule has 0 fully saturated rings. The fourth-order valence-electron chi connectivity index (χ4n) is 3.67. The molecule has 1 unspecified atom stereocenters. The predicted octanol–water partition coefficient (Wildman–Crippen LogP) is 3.75. The van der Waals surface area contributed by atoms with Gasteiger partial charge in [-0.15, -0.1) is 11.3 Å². The Morgan fingerprint density at radius 2 is 2.07 bits per heavy atom. The number of methoxy groups -OCH3 is 2. The first kappa shape index (κ1) is 17.9. The molecule has 2 aromatic heterocycles. The molecule has 0 bridgehead atoms. The summed E-state index contributed by atoms with van der Waals surface area (Å²) in [6.45, 7) is 4.31. The standard InChI is InChI=1S/C20H21N3O3S/c1-11-9-13-7-5-6-8-14(13)23(11)20(24)17-12(2)16-18(26-4)21-15(10-25-3)22-19(16)27-17/h5-8,11H,9-10H2,1-4H3. The Labute approximate surface area is 161 Å². The number of nitrogens with zero attached hydrogens (tertiary/aromatic N) is 3. The van der Waals surface area contributed by atoms with Crippen molar-refractivity contribution < 1.29 is 14.3 Å². The summed E-state index contributed by atoms with van der Waals surface area (Å²) in [5, 5.41) is 0.797. The molecular weight excluding hydrogens is 362 g/mol. The van der Waals surface area contributed by atoms with Gasteiger partial charge in [0, 0.05) is 18.8 Å². The molecule has 0 N–H and O–H groups in total. The molecule has 1 aromatic carbocycles. The molecule has 0 radical (unpaired) electrons. The van der Waals surface area contributed by atoms with E-state index in [2.05, 4.69) is 23.0 Å². The lowest BCUT2D eigenvalue weighted by Gasteiger charge is -2.22. The fraction of sp³-hybridized carbons (Fsp3) is 0.350. The number of carbonyl (C=O) groups is 1. The van der Waals surface area contributed by atoms with E-state index in [-0.39, 0.29) is 11.9 Å². The van der Waals surface area contributed by atoms with Gasteiger partial charge < -0.3 is 14.4 Å². The Bertz CT molecular complexity index is 1030. The van der Waals surface area contributed by atoms with Crippen LogP contribution in [0.3, 0.4) is 0 Å². The van der Waals surface area contributed by atoms with E-state index in [1.54, 1.807) is 14.2 Å². The number of fused-ring (bicyclic) bond motifs is 2. The molecule has 6 nitrogen and oxygen atoms in total. The molecule has 1 aliphatic rings. The van der Waals surface area contributed by atoms with Crippen LogP contribution in [0, 0.1) is 6.92 Å². The van der Waals surface area contributed by atoms with E-state index in [4.69, 9.17) is 9.47 Å². The molecular formula is C20H21N3O3S. The van der Waals surface area contributed by atoms with Crippen molar-refractivity contribution in [3.8, 4) is 5.88 Å². The third kappa shape index (κ3) is 2.87. The van der Waals surface area contributed by atoms with Crippen molar-refractivity contribution in [1.29, 1.82) is 0 Å². The van der Waals surface area contributed by atoms with E-state index in [0.717, 1.165) is 27.9 Å². The Morgan fingerprint density at radius 1 is 1.30 bits per heavy atom. The number of para-hydroxylation sites is 1. The molecule has 3 heterocycles. The number of ether oxygens (including phenoxy) is 2. The number of hydrogen-bond donors (Lipinski definition) is 0. The van der Waals surface area contributed by atoms with E-state index in [9.17, 15) is 4.79 Å². The number of aryl methyl sites for hydroxylation is 1. The minimum absolute atomic E-state index is 0.00305. The third-order valence-corrected chi connectivity index (χ3v) is 6.06. The molecule has 0 spiro atoms. The molecule has 27 heavy (non-hydrogen) atoms. The number of thiophene rings is 1. The maximum atomic E-state index is 13.4. The van der Waals surface area contributed by atoms with Crippen LogP contribution in [0.5, 0.6) is 5.88 Å². The summed E-state index contributed by atoms with van der Waals surface area (Å²) >= 11 is 1.39. The first-order valence-corrected chi connectivity index (χ1v) is 9.61. The summed E-state index contributed by atoms with van der Waals surface area (Å²) in [6.07, 6.45) is 0.868. The van der Waals surface area contributed by atoms with Crippen molar-refractivity contribution in [2.24, 2.45) is 0 Å². The molecule has 1 amide bonds. The molecule has 0 saturated heterocycles. The Morgan fingerprint density at radius 3 is 2.81 bits per heavy atom. The number of anilines is 1. The lowest BCUT2D eigenvalue weighted by molar-refractivity contribution is 0.0985. The van der Waals surface area contributed by atoms with Gasteiger partial charge in [0.1, 0.15) is 11.4 Å². The summed E-state index contributed by atoms with van der Waals surface area (Å²) in [5.74, 6) is 1.03. The van der Waals surface area contributed by atoms with Crippen LogP contribution in [-0.2, 0) is 17.8 Å². The molecule has 3 aromatic rings. The van der Waals surface area contributed by atoms with Crippen molar-refractivity contribution in [2.75, 3.05) is 19.1 Å². The lowest BCUT2D eigenvalue weighted by atomic mass is 10.1. The van der Waals surface area contributed by atoms with Crippen LogP contribution in [0.1, 0.15) is 33.5 Å². The van der Waals surface area contributed by atoms with Crippen LogP contribution in [0.4, 0.5) is 5.69 Å². The van der Waals surface area contributed by atoms with Crippen LogP contribution < -0.4 is 9.64 Å². The van der Waals surface area contributed by atoms with Gasteiger partial charge in [-0.3, -0.25) is 4.79 Å². The number of benzene rings is 1. The highest BCUT2D eigenvalue weighted by Crippen LogP contribution is 2.39. The highest BCUT2D eigenvalue weighted by molar-refractivity contribution is 7.20. The summed E-state index contributed by atoms with van der Waals surface area (Å²) in [5.41, 5.74) is 3.05. The predicted molar refractivity (Wildman–Crippen MR) is 106 cm³/mol. The molecule has 0 saturated carbocycles. The van der Waals surface area contributed by atoms with E-state index >= 15 is 0 Å². The van der Waals surface area contributed by atoms with Gasteiger partial charge in [-0.25, -0.2) is 4.98 Å². The second kappa shape index (κ2) is 6.90. The lowest BCUT2D eigenvalue weighted by Crippen LogP contribution is -2.35. The van der Waals surface area contributed by atoms with Gasteiger partial charge >= 0.3 is 0 Å². The summed E-state index contributed by atoms with van der Waals surface area (Å²) < 4.78 is 10.6. The fourth-order valence-corrected chi connectivity index (χ4v) is 4.80. The van der Waals surface area contributed by atoms with Gasteiger partial charge in [-0.2, -0.15) is 4.98 Å². The molecule has 0 aliphatic carbocycles. The van der Waals surface area contributed by atoms with Gasteiger partial charge in [0.2, 0.25) is 5.88 Å². The van der Waals surface area contributed by atoms with Gasteiger partial charge in [0.05, 0.1) is 17.4 Å².